The lowest BCUT2D eigenvalue weighted by atomic mass is 10.1. The Balaban J connectivity index is 1.68. The topological polar surface area (TPSA) is 81.9 Å². The van der Waals surface area contributed by atoms with Gasteiger partial charge in [0.05, 0.1) is 12.3 Å². The molecule has 150 valence electrons. The van der Waals surface area contributed by atoms with E-state index in [0.29, 0.717) is 18.8 Å². The number of amides is 1. The van der Waals surface area contributed by atoms with E-state index in [4.69, 9.17) is 4.74 Å². The molecule has 0 atom stereocenters. The third kappa shape index (κ3) is 4.20. The van der Waals surface area contributed by atoms with Gasteiger partial charge in [-0.25, -0.2) is 4.68 Å². The summed E-state index contributed by atoms with van der Waals surface area (Å²) in [5.41, 5.74) is 3.45. The van der Waals surface area contributed by atoms with E-state index in [1.807, 2.05) is 73.7 Å². The molecule has 2 heterocycles. The summed E-state index contributed by atoms with van der Waals surface area (Å²) in [6.45, 7) is 2.94. The van der Waals surface area contributed by atoms with Crippen molar-refractivity contribution in [3.63, 3.8) is 0 Å². The average molecular weight is 399 g/mol. The van der Waals surface area contributed by atoms with Gasteiger partial charge in [-0.3, -0.25) is 9.78 Å². The van der Waals surface area contributed by atoms with E-state index in [9.17, 15) is 4.79 Å². The van der Waals surface area contributed by atoms with Crippen molar-refractivity contribution in [1.82, 2.24) is 25.3 Å². The minimum Gasteiger partial charge on any atom is -0.494 e. The molecule has 4 aromatic rings. The number of hydrogen-bond donors (Lipinski definition) is 1. The fraction of sp³-hybridized carbons (Fsp3) is 0.130. The predicted molar refractivity (Wildman–Crippen MR) is 113 cm³/mol. The van der Waals surface area contributed by atoms with Crippen LogP contribution in [0.25, 0.3) is 16.9 Å². The summed E-state index contributed by atoms with van der Waals surface area (Å²) in [5, 5.41) is 11.4. The lowest BCUT2D eigenvalue weighted by molar-refractivity contribution is 0.0946. The molecule has 30 heavy (non-hydrogen) atoms. The quantitative estimate of drug-likeness (QED) is 0.513. The highest BCUT2D eigenvalue weighted by molar-refractivity contribution is 5.98. The van der Waals surface area contributed by atoms with Crippen LogP contribution in [0.2, 0.25) is 0 Å². The maximum Gasteiger partial charge on any atom is 0.274 e. The second kappa shape index (κ2) is 9.00. The minimum atomic E-state index is -0.289. The number of carbonyl (C=O) groups excluding carboxylic acids is 1. The van der Waals surface area contributed by atoms with Crippen molar-refractivity contribution in [3.8, 4) is 22.7 Å². The van der Waals surface area contributed by atoms with Crippen molar-refractivity contribution in [1.29, 1.82) is 0 Å². The molecule has 0 fully saturated rings. The van der Waals surface area contributed by atoms with Gasteiger partial charge in [-0.2, -0.15) is 0 Å². The molecule has 7 heteroatoms. The second-order valence-electron chi connectivity index (χ2n) is 6.53. The van der Waals surface area contributed by atoms with Gasteiger partial charge in [0.2, 0.25) is 0 Å². The van der Waals surface area contributed by atoms with Crippen LogP contribution in [-0.4, -0.2) is 32.5 Å². The van der Waals surface area contributed by atoms with E-state index in [1.165, 1.54) is 0 Å². The zero-order valence-electron chi connectivity index (χ0n) is 16.5. The Bertz CT molecular complexity index is 1110. The molecule has 7 nitrogen and oxygen atoms in total. The molecule has 0 saturated heterocycles. The number of rotatable bonds is 7. The van der Waals surface area contributed by atoms with Crippen molar-refractivity contribution < 1.29 is 9.53 Å². The molecule has 0 unspecified atom stereocenters. The van der Waals surface area contributed by atoms with Gasteiger partial charge in [0.25, 0.3) is 5.91 Å². The van der Waals surface area contributed by atoms with Crippen molar-refractivity contribution in [3.05, 3.63) is 90.4 Å². The van der Waals surface area contributed by atoms with Crippen LogP contribution in [0.5, 0.6) is 5.75 Å². The number of benzene rings is 2. The lowest BCUT2D eigenvalue weighted by Gasteiger charge is -2.10. The summed E-state index contributed by atoms with van der Waals surface area (Å²) in [4.78, 5) is 17.0. The molecule has 0 spiro atoms. The smallest absolute Gasteiger partial charge is 0.274 e. The molecule has 1 amide bonds. The Labute approximate surface area is 174 Å². The molecule has 0 aliphatic carbocycles. The highest BCUT2D eigenvalue weighted by Gasteiger charge is 2.22. The van der Waals surface area contributed by atoms with E-state index < -0.39 is 0 Å². The van der Waals surface area contributed by atoms with Crippen LogP contribution in [0.15, 0.2) is 79.1 Å². The van der Waals surface area contributed by atoms with Crippen LogP contribution < -0.4 is 10.1 Å². The molecule has 1 N–H and O–H groups in total. The molecule has 0 aliphatic rings. The number of carbonyl (C=O) groups is 1. The predicted octanol–water partition coefficient (Wildman–Crippen LogP) is 3.66. The largest absolute Gasteiger partial charge is 0.494 e. The maximum atomic E-state index is 12.9. The summed E-state index contributed by atoms with van der Waals surface area (Å²) in [6, 6.07) is 20.9. The molecule has 2 aromatic heterocycles. The van der Waals surface area contributed by atoms with Crippen LogP contribution in [-0.2, 0) is 6.54 Å². The van der Waals surface area contributed by atoms with Gasteiger partial charge in [-0.05, 0) is 48.9 Å². The first-order valence-corrected chi connectivity index (χ1v) is 9.67. The van der Waals surface area contributed by atoms with E-state index in [1.54, 1.807) is 17.1 Å². The SMILES string of the molecule is CCOc1ccc(-n2nnc(C(=O)NCc3ccccc3)c2-c2ccncc2)cc1. The van der Waals surface area contributed by atoms with Crippen LogP contribution in [0.3, 0.4) is 0 Å². The molecule has 0 aliphatic heterocycles. The summed E-state index contributed by atoms with van der Waals surface area (Å²) in [7, 11) is 0. The van der Waals surface area contributed by atoms with Gasteiger partial charge in [0.1, 0.15) is 11.4 Å². The second-order valence-corrected chi connectivity index (χ2v) is 6.53. The van der Waals surface area contributed by atoms with Gasteiger partial charge in [-0.15, -0.1) is 5.10 Å². The monoisotopic (exact) mass is 399 g/mol. The molecule has 2 aromatic carbocycles. The molecule has 0 saturated carbocycles. The zero-order chi connectivity index (χ0) is 20.8. The molecule has 0 radical (unpaired) electrons. The average Bonchev–Trinajstić information content (AvgIpc) is 3.25. The zero-order valence-corrected chi connectivity index (χ0v) is 16.5. The minimum absolute atomic E-state index is 0.256. The van der Waals surface area contributed by atoms with Gasteiger partial charge in [0.15, 0.2) is 5.69 Å². The Morgan fingerprint density at radius 2 is 1.73 bits per heavy atom. The molecular weight excluding hydrogens is 378 g/mol. The Kier molecular flexibility index (Phi) is 5.80. The normalized spacial score (nSPS) is 10.6. The van der Waals surface area contributed by atoms with Crippen molar-refractivity contribution in [2.24, 2.45) is 0 Å². The van der Waals surface area contributed by atoms with Crippen molar-refractivity contribution in [2.45, 2.75) is 13.5 Å². The third-order valence-corrected chi connectivity index (χ3v) is 4.53. The Morgan fingerprint density at radius 3 is 2.43 bits per heavy atom. The number of ether oxygens (including phenoxy) is 1. The van der Waals surface area contributed by atoms with Crippen molar-refractivity contribution in [2.75, 3.05) is 6.61 Å². The number of nitrogens with one attached hydrogen (secondary N) is 1. The van der Waals surface area contributed by atoms with E-state index in [-0.39, 0.29) is 11.6 Å². The number of aromatic nitrogens is 4. The van der Waals surface area contributed by atoms with Gasteiger partial charge < -0.3 is 10.1 Å². The highest BCUT2D eigenvalue weighted by atomic mass is 16.5. The number of hydrogen-bond acceptors (Lipinski definition) is 5. The van der Waals surface area contributed by atoms with Crippen molar-refractivity contribution >= 4 is 5.91 Å². The first kappa shape index (κ1) is 19.3. The fourth-order valence-electron chi connectivity index (χ4n) is 3.10. The van der Waals surface area contributed by atoms with Gasteiger partial charge in [0, 0.05) is 24.5 Å². The Hall–Kier alpha value is -4.00. The van der Waals surface area contributed by atoms with E-state index in [0.717, 1.165) is 22.6 Å². The third-order valence-electron chi connectivity index (χ3n) is 4.53. The summed E-state index contributed by atoms with van der Waals surface area (Å²) < 4.78 is 7.17. The van der Waals surface area contributed by atoms with E-state index in [2.05, 4.69) is 20.6 Å². The summed E-state index contributed by atoms with van der Waals surface area (Å²) in [6.07, 6.45) is 3.35. The lowest BCUT2D eigenvalue weighted by Crippen LogP contribution is -2.24. The highest BCUT2D eigenvalue weighted by Crippen LogP contribution is 2.26. The van der Waals surface area contributed by atoms with Gasteiger partial charge in [-0.1, -0.05) is 35.5 Å². The molecule has 0 bridgehead atoms. The fourth-order valence-corrected chi connectivity index (χ4v) is 3.10. The van der Waals surface area contributed by atoms with Crippen LogP contribution in [0.4, 0.5) is 0 Å². The standard InChI is InChI=1S/C23H21N5O2/c1-2-30-20-10-8-19(9-11-20)28-22(18-12-14-24-15-13-18)21(26-27-28)23(29)25-16-17-6-4-3-5-7-17/h3-15H,2,16H2,1H3,(H,25,29). The van der Waals surface area contributed by atoms with Crippen LogP contribution >= 0.6 is 0 Å². The summed E-state index contributed by atoms with van der Waals surface area (Å²) >= 11 is 0. The van der Waals surface area contributed by atoms with E-state index >= 15 is 0 Å². The first-order valence-electron chi connectivity index (χ1n) is 9.67. The van der Waals surface area contributed by atoms with Crippen LogP contribution in [0, 0.1) is 0 Å². The first-order chi connectivity index (χ1) is 14.8. The number of nitrogens with zero attached hydrogens (tertiary/aromatic N) is 4. The molecule has 4 rings (SSSR count). The van der Waals surface area contributed by atoms with Crippen LogP contribution in [0.1, 0.15) is 23.0 Å². The Morgan fingerprint density at radius 1 is 1.00 bits per heavy atom. The maximum absolute atomic E-state index is 12.9. The van der Waals surface area contributed by atoms with Gasteiger partial charge >= 0.3 is 0 Å². The number of pyridine rings is 1. The summed E-state index contributed by atoms with van der Waals surface area (Å²) in [5.74, 6) is 0.482. The molecular formula is C23H21N5O2.